The summed E-state index contributed by atoms with van der Waals surface area (Å²) in [4.78, 5) is 13.6. The minimum absolute atomic E-state index is 0.0243. The van der Waals surface area contributed by atoms with Crippen molar-refractivity contribution >= 4 is 16.0 Å². The summed E-state index contributed by atoms with van der Waals surface area (Å²) in [7, 11) is -2.07. The van der Waals surface area contributed by atoms with E-state index in [1.165, 1.54) is 13.8 Å². The third-order valence-corrected chi connectivity index (χ3v) is 4.75. The third-order valence-electron chi connectivity index (χ3n) is 3.08. The molecule has 0 atom stereocenters. The number of carboxylic acid groups (broad SMARTS) is 1. The normalized spacial score (nSPS) is 11.8. The van der Waals surface area contributed by atoms with Gasteiger partial charge in [-0.1, -0.05) is 0 Å². The SMILES string of the molecule is Cc1[nH]c(C(=O)O)c(C)c1S(=O)(=O)NCc1cnn(C)c1. The molecule has 0 aliphatic carbocycles. The molecule has 0 saturated carbocycles. The largest absolute Gasteiger partial charge is 0.477 e. The number of aryl methyl sites for hydroxylation is 2. The Hall–Kier alpha value is -2.13. The summed E-state index contributed by atoms with van der Waals surface area (Å²) in [5.41, 5.74) is 1.09. The van der Waals surface area contributed by atoms with E-state index in [4.69, 9.17) is 5.11 Å². The first-order valence-electron chi connectivity index (χ1n) is 6.12. The molecule has 9 heteroatoms. The monoisotopic (exact) mass is 312 g/mol. The number of aromatic nitrogens is 3. The standard InChI is InChI=1S/C12H16N4O4S/c1-7-10(12(17)18)15-8(2)11(7)21(19,20)14-5-9-4-13-16(3)6-9/h4,6,14-15H,5H2,1-3H3,(H,17,18). The van der Waals surface area contributed by atoms with Gasteiger partial charge in [-0.15, -0.1) is 0 Å². The summed E-state index contributed by atoms with van der Waals surface area (Å²) < 4.78 is 28.7. The highest BCUT2D eigenvalue weighted by molar-refractivity contribution is 7.89. The Morgan fingerprint density at radius 1 is 1.48 bits per heavy atom. The van der Waals surface area contributed by atoms with E-state index in [0.717, 1.165) is 0 Å². The summed E-state index contributed by atoms with van der Waals surface area (Å²) in [6.45, 7) is 3.08. The van der Waals surface area contributed by atoms with Gasteiger partial charge in [0.2, 0.25) is 10.0 Å². The van der Waals surface area contributed by atoms with Crippen molar-refractivity contribution in [3.8, 4) is 0 Å². The number of hydrogen-bond donors (Lipinski definition) is 3. The molecule has 2 heterocycles. The van der Waals surface area contributed by atoms with Crippen molar-refractivity contribution in [2.24, 2.45) is 7.05 Å². The second-order valence-electron chi connectivity index (χ2n) is 4.73. The highest BCUT2D eigenvalue weighted by Crippen LogP contribution is 2.23. The molecule has 0 aromatic carbocycles. The number of nitrogens with zero attached hydrogens (tertiary/aromatic N) is 2. The van der Waals surface area contributed by atoms with Gasteiger partial charge in [0.25, 0.3) is 0 Å². The lowest BCUT2D eigenvalue weighted by Crippen LogP contribution is -2.24. The van der Waals surface area contributed by atoms with Crippen LogP contribution in [0.5, 0.6) is 0 Å². The molecule has 0 amide bonds. The summed E-state index contributed by atoms with van der Waals surface area (Å²) >= 11 is 0. The van der Waals surface area contributed by atoms with Crippen LogP contribution in [-0.2, 0) is 23.6 Å². The number of aromatic amines is 1. The minimum atomic E-state index is -3.80. The summed E-state index contributed by atoms with van der Waals surface area (Å²) in [6.07, 6.45) is 3.25. The zero-order chi connectivity index (χ0) is 15.8. The lowest BCUT2D eigenvalue weighted by Gasteiger charge is -2.06. The Labute approximate surface area is 121 Å². The van der Waals surface area contributed by atoms with Gasteiger partial charge in [0.05, 0.1) is 6.20 Å². The van der Waals surface area contributed by atoms with E-state index in [-0.39, 0.29) is 22.7 Å². The van der Waals surface area contributed by atoms with Gasteiger partial charge in [-0.3, -0.25) is 4.68 Å². The molecule has 21 heavy (non-hydrogen) atoms. The number of carbonyl (C=O) groups is 1. The van der Waals surface area contributed by atoms with Crippen molar-refractivity contribution in [2.75, 3.05) is 0 Å². The Balaban J connectivity index is 2.29. The maximum atomic E-state index is 12.3. The third kappa shape index (κ3) is 2.98. The van der Waals surface area contributed by atoms with Crippen LogP contribution in [0.15, 0.2) is 17.3 Å². The van der Waals surface area contributed by atoms with Crippen LogP contribution < -0.4 is 4.72 Å². The van der Waals surface area contributed by atoms with Crippen molar-refractivity contribution in [1.82, 2.24) is 19.5 Å². The maximum Gasteiger partial charge on any atom is 0.352 e. The highest BCUT2D eigenvalue weighted by Gasteiger charge is 2.26. The van der Waals surface area contributed by atoms with E-state index in [0.29, 0.717) is 11.3 Å². The van der Waals surface area contributed by atoms with Gasteiger partial charge >= 0.3 is 5.97 Å². The molecule has 3 N–H and O–H groups in total. The molecule has 2 aromatic rings. The average Bonchev–Trinajstić information content (AvgIpc) is 2.91. The van der Waals surface area contributed by atoms with E-state index in [9.17, 15) is 13.2 Å². The molecule has 114 valence electrons. The molecule has 2 rings (SSSR count). The van der Waals surface area contributed by atoms with Gasteiger partial charge in [0.15, 0.2) is 0 Å². The van der Waals surface area contributed by atoms with Gasteiger partial charge in [-0.05, 0) is 13.8 Å². The number of aromatic carboxylic acids is 1. The predicted octanol–water partition coefficient (Wildman–Crippen LogP) is 0.542. The van der Waals surface area contributed by atoms with Gasteiger partial charge in [-0.25, -0.2) is 17.9 Å². The minimum Gasteiger partial charge on any atom is -0.477 e. The van der Waals surface area contributed by atoms with Crippen LogP contribution >= 0.6 is 0 Å². The fourth-order valence-corrected chi connectivity index (χ4v) is 3.62. The van der Waals surface area contributed by atoms with Crippen LogP contribution in [0.4, 0.5) is 0 Å². The zero-order valence-corrected chi connectivity index (χ0v) is 12.7. The zero-order valence-electron chi connectivity index (χ0n) is 11.8. The van der Waals surface area contributed by atoms with Crippen LogP contribution in [0, 0.1) is 13.8 Å². The first-order chi connectivity index (χ1) is 9.72. The predicted molar refractivity (Wildman–Crippen MR) is 74.5 cm³/mol. The summed E-state index contributed by atoms with van der Waals surface area (Å²) in [5, 5.41) is 13.0. The van der Waals surface area contributed by atoms with Crippen molar-refractivity contribution in [3.63, 3.8) is 0 Å². The molecule has 0 aliphatic heterocycles. The van der Waals surface area contributed by atoms with Gasteiger partial charge < -0.3 is 10.1 Å². The fourth-order valence-electron chi connectivity index (χ4n) is 2.16. The number of carboxylic acids is 1. The fraction of sp³-hybridized carbons (Fsp3) is 0.333. The Morgan fingerprint density at radius 2 is 2.14 bits per heavy atom. The highest BCUT2D eigenvalue weighted by atomic mass is 32.2. The first-order valence-corrected chi connectivity index (χ1v) is 7.60. The van der Waals surface area contributed by atoms with Crippen LogP contribution in [0.3, 0.4) is 0 Å². The first kappa shape index (κ1) is 15.3. The molecule has 0 bridgehead atoms. The number of rotatable bonds is 5. The van der Waals surface area contributed by atoms with Crippen molar-refractivity contribution in [1.29, 1.82) is 0 Å². The maximum absolute atomic E-state index is 12.3. The van der Waals surface area contributed by atoms with Crippen molar-refractivity contribution < 1.29 is 18.3 Å². The molecule has 0 aliphatic rings. The average molecular weight is 312 g/mol. The number of hydrogen-bond acceptors (Lipinski definition) is 4. The Morgan fingerprint density at radius 3 is 2.62 bits per heavy atom. The number of H-pyrrole nitrogens is 1. The van der Waals surface area contributed by atoms with E-state index < -0.39 is 16.0 Å². The number of nitrogens with one attached hydrogen (secondary N) is 2. The molecule has 0 radical (unpaired) electrons. The van der Waals surface area contributed by atoms with E-state index >= 15 is 0 Å². The molecule has 0 fully saturated rings. The number of sulfonamides is 1. The molecular weight excluding hydrogens is 296 g/mol. The molecule has 0 spiro atoms. The van der Waals surface area contributed by atoms with Crippen molar-refractivity contribution in [3.05, 3.63) is 34.9 Å². The smallest absolute Gasteiger partial charge is 0.352 e. The quantitative estimate of drug-likeness (QED) is 0.745. The second kappa shape index (κ2) is 5.34. The Kier molecular flexibility index (Phi) is 3.88. The van der Waals surface area contributed by atoms with Crippen LogP contribution in [0.25, 0.3) is 0 Å². The summed E-state index contributed by atoms with van der Waals surface area (Å²) in [6, 6.07) is 0. The molecule has 0 saturated heterocycles. The van der Waals surface area contributed by atoms with E-state index in [1.54, 1.807) is 24.1 Å². The molecule has 0 unspecified atom stereocenters. The molecular formula is C12H16N4O4S. The van der Waals surface area contributed by atoms with Crippen LogP contribution in [0.2, 0.25) is 0 Å². The van der Waals surface area contributed by atoms with Crippen molar-refractivity contribution in [2.45, 2.75) is 25.3 Å². The Bertz CT molecular complexity index is 788. The van der Waals surface area contributed by atoms with Crippen LogP contribution in [0.1, 0.15) is 27.3 Å². The van der Waals surface area contributed by atoms with E-state index in [2.05, 4.69) is 14.8 Å². The lowest BCUT2D eigenvalue weighted by molar-refractivity contribution is 0.0690. The van der Waals surface area contributed by atoms with Gasteiger partial charge in [0, 0.05) is 36.6 Å². The topological polar surface area (TPSA) is 117 Å². The van der Waals surface area contributed by atoms with Crippen LogP contribution in [-0.4, -0.2) is 34.3 Å². The van der Waals surface area contributed by atoms with Gasteiger partial charge in [0.1, 0.15) is 10.6 Å². The van der Waals surface area contributed by atoms with E-state index in [1.807, 2.05) is 0 Å². The van der Waals surface area contributed by atoms with Gasteiger partial charge in [-0.2, -0.15) is 5.10 Å². The lowest BCUT2D eigenvalue weighted by atomic mass is 10.2. The molecule has 2 aromatic heterocycles. The molecule has 8 nitrogen and oxygen atoms in total. The summed E-state index contributed by atoms with van der Waals surface area (Å²) in [5.74, 6) is -1.19. The second-order valence-corrected chi connectivity index (χ2v) is 6.43.